The molecule has 0 amide bonds. The minimum absolute atomic E-state index is 0.341. The molecule has 0 radical (unpaired) electrons. The van der Waals surface area contributed by atoms with Crippen LogP contribution in [0.15, 0.2) is 55.7 Å². The Labute approximate surface area is 274 Å². The molecule has 0 saturated heterocycles. The predicted molar refractivity (Wildman–Crippen MR) is 175 cm³/mol. The summed E-state index contributed by atoms with van der Waals surface area (Å²) >= 11 is 0. The largest absolute Gasteiger partial charge is 0.457 e. The number of carbonyl (C=O) groups excluding carboxylic acids is 4. The Hall–Kier alpha value is -3.42. The van der Waals surface area contributed by atoms with Crippen LogP contribution in [0.1, 0.15) is 134 Å². The number of hydrogen-bond donors (Lipinski definition) is 0. The molecule has 8 nitrogen and oxygen atoms in total. The molecule has 0 bridgehead atoms. The highest BCUT2D eigenvalue weighted by Gasteiger charge is 2.39. The summed E-state index contributed by atoms with van der Waals surface area (Å²) in [6, 6.07) is 0. The average Bonchev–Trinajstić information content (AvgIpc) is 2.85. The Morgan fingerprint density at radius 2 is 0.478 bits per heavy atom. The van der Waals surface area contributed by atoms with E-state index in [1.807, 2.05) is 83.1 Å². The van der Waals surface area contributed by atoms with E-state index in [1.54, 1.807) is 0 Å². The van der Waals surface area contributed by atoms with Gasteiger partial charge in [-0.2, -0.15) is 0 Å². The first-order chi connectivity index (χ1) is 20.9. The predicted octanol–water partition coefficient (Wildman–Crippen LogP) is 8.01. The van der Waals surface area contributed by atoms with Crippen LogP contribution in [-0.4, -0.2) is 46.3 Å². The molecule has 0 aromatic heterocycles. The molecule has 0 aromatic carbocycles. The van der Waals surface area contributed by atoms with Gasteiger partial charge in [0.25, 0.3) is 0 Å². The van der Waals surface area contributed by atoms with Crippen LogP contribution >= 0.6 is 0 Å². The molecule has 0 N–H and O–H groups in total. The Balaban J connectivity index is 1.59. The highest BCUT2D eigenvalue weighted by Crippen LogP contribution is 2.50. The molecule has 0 fully saturated rings. The molecule has 8 heteroatoms. The maximum atomic E-state index is 13.4. The van der Waals surface area contributed by atoms with E-state index in [1.165, 1.54) is 11.1 Å². The first kappa shape index (κ1) is 35.4. The second-order valence-corrected chi connectivity index (χ2v) is 17.0. The SMILES string of the molecule is CC(C)(C)OC(=O)C1=C(C(=O)OC(C)(C)C)CC2=C(CC3=C(C2)CC2=C(C3)CC(C(=O)OC(C)(C)C)=C(C(=O)OC(C)(C)C)C2)C1. The molecular formula is C38H52O8. The zero-order valence-corrected chi connectivity index (χ0v) is 29.9. The lowest BCUT2D eigenvalue weighted by atomic mass is 9.69. The third-order valence-corrected chi connectivity index (χ3v) is 8.08. The molecule has 0 aliphatic heterocycles. The number of esters is 4. The fraction of sp³-hybridized carbons (Fsp3) is 0.632. The normalized spacial score (nSPS) is 19.4. The van der Waals surface area contributed by atoms with Crippen molar-refractivity contribution in [2.24, 2.45) is 0 Å². The quantitative estimate of drug-likeness (QED) is 0.174. The fourth-order valence-corrected chi connectivity index (χ4v) is 6.33. The van der Waals surface area contributed by atoms with Gasteiger partial charge in [-0.1, -0.05) is 33.4 Å². The molecule has 0 spiro atoms. The lowest BCUT2D eigenvalue weighted by molar-refractivity contribution is -0.153. The van der Waals surface area contributed by atoms with Crippen LogP contribution in [0.2, 0.25) is 0 Å². The van der Waals surface area contributed by atoms with Crippen molar-refractivity contribution in [1.29, 1.82) is 0 Å². The van der Waals surface area contributed by atoms with Gasteiger partial charge in [0.15, 0.2) is 0 Å². The van der Waals surface area contributed by atoms with Crippen LogP contribution < -0.4 is 0 Å². The number of hydrogen-bond acceptors (Lipinski definition) is 8. The standard InChI is InChI=1S/C38H52O8/c1-35(2,3)43-31(39)27-17-23-13-21-15-25-19-29(33(41)45-37(7,8)9)30(34(42)46-38(10,11)12)20-26(25)16-22(21)14-24(23)18-28(27)32(40)44-36(4,5)6/h13-20H2,1-12H3. The van der Waals surface area contributed by atoms with Gasteiger partial charge in [-0.05, 0) is 109 Å². The molecule has 4 rings (SSSR count). The average molecular weight is 637 g/mol. The van der Waals surface area contributed by atoms with Crippen molar-refractivity contribution in [3.05, 3.63) is 55.7 Å². The van der Waals surface area contributed by atoms with E-state index in [4.69, 9.17) is 18.9 Å². The van der Waals surface area contributed by atoms with Crippen molar-refractivity contribution >= 4 is 23.9 Å². The molecular weight excluding hydrogens is 584 g/mol. The molecule has 0 aromatic rings. The summed E-state index contributed by atoms with van der Waals surface area (Å²) in [5.74, 6) is -1.94. The van der Waals surface area contributed by atoms with Gasteiger partial charge < -0.3 is 18.9 Å². The summed E-state index contributed by atoms with van der Waals surface area (Å²) in [4.78, 5) is 53.6. The molecule has 0 saturated carbocycles. The molecule has 252 valence electrons. The van der Waals surface area contributed by atoms with E-state index >= 15 is 0 Å². The van der Waals surface area contributed by atoms with Crippen LogP contribution in [0, 0.1) is 0 Å². The second kappa shape index (κ2) is 12.3. The van der Waals surface area contributed by atoms with E-state index in [-0.39, 0.29) is 0 Å². The third-order valence-electron chi connectivity index (χ3n) is 8.08. The van der Waals surface area contributed by atoms with Gasteiger partial charge in [0, 0.05) is 25.7 Å². The van der Waals surface area contributed by atoms with Crippen LogP contribution in [0.25, 0.3) is 0 Å². The molecule has 46 heavy (non-hydrogen) atoms. The minimum Gasteiger partial charge on any atom is -0.457 e. The number of carbonyl (C=O) groups is 4. The van der Waals surface area contributed by atoms with Crippen molar-refractivity contribution in [3.8, 4) is 0 Å². The van der Waals surface area contributed by atoms with Gasteiger partial charge in [-0.3, -0.25) is 0 Å². The van der Waals surface area contributed by atoms with Crippen LogP contribution in [0.3, 0.4) is 0 Å². The Bertz CT molecular complexity index is 1290. The van der Waals surface area contributed by atoms with Crippen LogP contribution in [-0.2, 0) is 38.1 Å². The van der Waals surface area contributed by atoms with E-state index in [0.29, 0.717) is 73.7 Å². The first-order valence-corrected chi connectivity index (χ1v) is 16.4. The van der Waals surface area contributed by atoms with Crippen molar-refractivity contribution in [2.75, 3.05) is 0 Å². The summed E-state index contributed by atoms with van der Waals surface area (Å²) in [6.07, 6.45) is 4.14. The van der Waals surface area contributed by atoms with E-state index in [9.17, 15) is 19.2 Å². The fourth-order valence-electron chi connectivity index (χ4n) is 6.33. The maximum absolute atomic E-state index is 13.4. The topological polar surface area (TPSA) is 105 Å². The molecule has 4 aliphatic rings. The monoisotopic (exact) mass is 636 g/mol. The summed E-state index contributed by atoms with van der Waals surface area (Å²) in [5.41, 5.74) is 5.81. The maximum Gasteiger partial charge on any atom is 0.335 e. The van der Waals surface area contributed by atoms with Crippen molar-refractivity contribution < 1.29 is 38.1 Å². The lowest BCUT2D eigenvalue weighted by Gasteiger charge is -2.37. The Morgan fingerprint density at radius 1 is 0.326 bits per heavy atom. The summed E-state index contributed by atoms with van der Waals surface area (Å²) < 4.78 is 23.0. The van der Waals surface area contributed by atoms with Gasteiger partial charge in [0.05, 0.1) is 22.3 Å². The Kier molecular flexibility index (Phi) is 9.48. The zero-order chi connectivity index (χ0) is 34.6. The van der Waals surface area contributed by atoms with Crippen molar-refractivity contribution in [1.82, 2.24) is 0 Å². The molecule has 0 heterocycles. The summed E-state index contributed by atoms with van der Waals surface area (Å²) in [6.45, 7) is 21.8. The molecule has 4 aliphatic carbocycles. The number of allylic oxidation sites excluding steroid dienone is 6. The van der Waals surface area contributed by atoms with E-state index in [2.05, 4.69) is 0 Å². The van der Waals surface area contributed by atoms with Gasteiger partial charge in [0.1, 0.15) is 22.4 Å². The third kappa shape index (κ3) is 8.89. The number of rotatable bonds is 4. The second-order valence-electron chi connectivity index (χ2n) is 17.0. The minimum atomic E-state index is -0.704. The lowest BCUT2D eigenvalue weighted by Crippen LogP contribution is -2.32. The smallest absolute Gasteiger partial charge is 0.335 e. The first-order valence-electron chi connectivity index (χ1n) is 16.4. The van der Waals surface area contributed by atoms with E-state index < -0.39 is 46.3 Å². The number of ether oxygens (including phenoxy) is 4. The summed E-state index contributed by atoms with van der Waals surface area (Å²) in [7, 11) is 0. The van der Waals surface area contributed by atoms with Gasteiger partial charge >= 0.3 is 23.9 Å². The van der Waals surface area contributed by atoms with Gasteiger partial charge in [-0.25, -0.2) is 19.2 Å². The van der Waals surface area contributed by atoms with E-state index in [0.717, 1.165) is 22.3 Å². The highest BCUT2D eigenvalue weighted by molar-refractivity contribution is 6.03. The zero-order valence-electron chi connectivity index (χ0n) is 29.9. The Morgan fingerprint density at radius 3 is 0.630 bits per heavy atom. The van der Waals surface area contributed by atoms with Gasteiger partial charge in [0.2, 0.25) is 0 Å². The van der Waals surface area contributed by atoms with Gasteiger partial charge in [-0.15, -0.1) is 0 Å². The molecule has 0 atom stereocenters. The summed E-state index contributed by atoms with van der Waals surface area (Å²) in [5, 5.41) is 0. The van der Waals surface area contributed by atoms with Crippen LogP contribution in [0.4, 0.5) is 0 Å². The highest BCUT2D eigenvalue weighted by atomic mass is 16.6. The van der Waals surface area contributed by atoms with Crippen molar-refractivity contribution in [2.45, 2.75) is 157 Å². The molecule has 0 unspecified atom stereocenters. The van der Waals surface area contributed by atoms with Crippen LogP contribution in [0.5, 0.6) is 0 Å². The van der Waals surface area contributed by atoms with Crippen molar-refractivity contribution in [3.63, 3.8) is 0 Å².